The molecule has 5 N–H and O–H groups in total. The van der Waals surface area contributed by atoms with Crippen LogP contribution in [-0.4, -0.2) is 49.9 Å². The second kappa shape index (κ2) is 11.7. The zero-order valence-corrected chi connectivity index (χ0v) is 23.7. The van der Waals surface area contributed by atoms with Gasteiger partial charge in [-0.1, -0.05) is 50.0 Å². The third-order valence-corrected chi connectivity index (χ3v) is 8.18. The number of rotatable bonds is 6. The number of carbonyl (C=O) groups excluding carboxylic acids is 1. The number of benzene rings is 2. The number of carbonyl (C=O) groups is 1. The molecule has 41 heavy (non-hydrogen) atoms. The van der Waals surface area contributed by atoms with E-state index in [2.05, 4.69) is 49.2 Å². The predicted molar refractivity (Wildman–Crippen MR) is 161 cm³/mol. The van der Waals surface area contributed by atoms with Gasteiger partial charge in [-0.15, -0.1) is 0 Å². The molecule has 2 saturated heterocycles. The number of imidazole rings is 2. The number of nitrogens with zero attached hydrogens (tertiary/aromatic N) is 3. The maximum absolute atomic E-state index is 12.9. The second-order valence-corrected chi connectivity index (χ2v) is 11.4. The quantitative estimate of drug-likeness (QED) is 0.255. The minimum Gasteiger partial charge on any atom is -0.341 e. The largest absolute Gasteiger partial charge is 0.341 e. The van der Waals surface area contributed by atoms with E-state index in [-0.39, 0.29) is 17.9 Å². The Morgan fingerprint density at radius 3 is 2.02 bits per heavy atom. The summed E-state index contributed by atoms with van der Waals surface area (Å²) < 4.78 is 0. The lowest BCUT2D eigenvalue weighted by atomic mass is 10.0. The fourth-order valence-electron chi connectivity index (χ4n) is 5.63. The Hall–Kier alpha value is -4.19. The molecule has 2 aromatic carbocycles. The van der Waals surface area contributed by atoms with Crippen LogP contribution in [0.25, 0.3) is 22.5 Å². The SMILES string of the molecule is CC(C)[C@H](N)C(=O)N1CCC[C@H]1c1ncc(-c2ccc(C#Cc3ccc(-c4cnc([C@@H]5CCCN5)[nH]4)cc3)cc2)[nH]1. The van der Waals surface area contributed by atoms with Gasteiger partial charge in [0.1, 0.15) is 11.6 Å². The first-order valence-corrected chi connectivity index (χ1v) is 14.6. The fourth-order valence-corrected chi connectivity index (χ4v) is 5.63. The molecule has 210 valence electrons. The van der Waals surface area contributed by atoms with Gasteiger partial charge in [0, 0.05) is 17.7 Å². The number of nitrogens with two attached hydrogens (primary N) is 1. The van der Waals surface area contributed by atoms with Crippen LogP contribution >= 0.6 is 0 Å². The minimum atomic E-state index is -0.486. The molecule has 4 aromatic rings. The van der Waals surface area contributed by atoms with Crippen LogP contribution in [-0.2, 0) is 4.79 Å². The van der Waals surface area contributed by atoms with Crippen LogP contribution in [0.1, 0.15) is 74.4 Å². The maximum Gasteiger partial charge on any atom is 0.240 e. The smallest absolute Gasteiger partial charge is 0.240 e. The summed E-state index contributed by atoms with van der Waals surface area (Å²) >= 11 is 0. The van der Waals surface area contributed by atoms with E-state index in [0.717, 1.165) is 77.6 Å². The van der Waals surface area contributed by atoms with Crippen molar-refractivity contribution in [2.75, 3.05) is 13.1 Å². The Morgan fingerprint density at radius 1 is 0.878 bits per heavy atom. The third kappa shape index (κ3) is 5.83. The molecular weight excluding hydrogens is 510 g/mol. The van der Waals surface area contributed by atoms with Gasteiger partial charge in [-0.3, -0.25) is 4.79 Å². The maximum atomic E-state index is 12.9. The molecule has 0 radical (unpaired) electrons. The van der Waals surface area contributed by atoms with Crippen molar-refractivity contribution in [2.45, 2.75) is 57.7 Å². The van der Waals surface area contributed by atoms with Crippen LogP contribution in [0.5, 0.6) is 0 Å². The molecule has 2 fully saturated rings. The molecule has 0 aliphatic carbocycles. The molecule has 0 unspecified atom stereocenters. The Labute approximate surface area is 241 Å². The summed E-state index contributed by atoms with van der Waals surface area (Å²) in [5.41, 5.74) is 12.1. The first-order valence-electron chi connectivity index (χ1n) is 14.6. The molecule has 0 spiro atoms. The fraction of sp³-hybridized carbons (Fsp3) is 0.364. The first-order chi connectivity index (χ1) is 20.0. The molecule has 4 heterocycles. The topological polar surface area (TPSA) is 116 Å². The molecule has 2 aromatic heterocycles. The number of hydrogen-bond acceptors (Lipinski definition) is 5. The highest BCUT2D eigenvalue weighted by Crippen LogP contribution is 2.32. The molecule has 2 aliphatic heterocycles. The van der Waals surface area contributed by atoms with E-state index >= 15 is 0 Å². The lowest BCUT2D eigenvalue weighted by molar-refractivity contribution is -0.134. The first kappa shape index (κ1) is 27.0. The molecule has 0 bridgehead atoms. The van der Waals surface area contributed by atoms with Crippen molar-refractivity contribution in [1.29, 1.82) is 0 Å². The van der Waals surface area contributed by atoms with Crippen molar-refractivity contribution >= 4 is 5.91 Å². The zero-order chi connectivity index (χ0) is 28.3. The lowest BCUT2D eigenvalue weighted by Gasteiger charge is -2.27. The molecule has 8 nitrogen and oxygen atoms in total. The van der Waals surface area contributed by atoms with Crippen molar-refractivity contribution in [3.8, 4) is 34.4 Å². The highest BCUT2D eigenvalue weighted by atomic mass is 16.2. The molecule has 8 heteroatoms. The standard InChI is InChI=1S/C33H37N7O/c1-21(2)30(34)33(41)40-18-4-6-29(40)32-37-20-28(39-32)25-15-11-23(12-16-25)8-7-22-9-13-24(14-10-22)27-19-36-31(38-27)26-5-3-17-35-26/h9-16,19-21,26,29-30,35H,3-6,17-18,34H2,1-2H3,(H,36,38)(H,37,39)/t26-,29-,30-/m0/s1. The lowest BCUT2D eigenvalue weighted by Crippen LogP contribution is -2.46. The summed E-state index contributed by atoms with van der Waals surface area (Å²) in [6.45, 7) is 5.74. The van der Waals surface area contributed by atoms with Gasteiger partial charge in [-0.2, -0.15) is 0 Å². The number of likely N-dealkylation sites (tertiary alicyclic amines) is 1. The van der Waals surface area contributed by atoms with Crippen molar-refractivity contribution in [1.82, 2.24) is 30.2 Å². The van der Waals surface area contributed by atoms with E-state index in [4.69, 9.17) is 5.73 Å². The number of H-pyrrole nitrogens is 2. The van der Waals surface area contributed by atoms with Crippen LogP contribution in [0, 0.1) is 17.8 Å². The Kier molecular flexibility index (Phi) is 7.73. The number of amides is 1. The minimum absolute atomic E-state index is 0.00494. The van der Waals surface area contributed by atoms with E-state index in [9.17, 15) is 4.79 Å². The van der Waals surface area contributed by atoms with Gasteiger partial charge < -0.3 is 25.9 Å². The van der Waals surface area contributed by atoms with Crippen LogP contribution in [0.4, 0.5) is 0 Å². The zero-order valence-electron chi connectivity index (χ0n) is 23.7. The predicted octanol–water partition coefficient (Wildman–Crippen LogP) is 4.94. The van der Waals surface area contributed by atoms with Crippen molar-refractivity contribution in [2.24, 2.45) is 11.7 Å². The summed E-state index contributed by atoms with van der Waals surface area (Å²) in [6.07, 6.45) is 7.91. The summed E-state index contributed by atoms with van der Waals surface area (Å²) in [7, 11) is 0. The van der Waals surface area contributed by atoms with E-state index in [1.54, 1.807) is 0 Å². The number of aromatic nitrogens is 4. The molecule has 0 saturated carbocycles. The van der Waals surface area contributed by atoms with Crippen molar-refractivity contribution in [3.05, 3.63) is 83.7 Å². The summed E-state index contributed by atoms with van der Waals surface area (Å²) in [5, 5.41) is 3.48. The van der Waals surface area contributed by atoms with Gasteiger partial charge >= 0.3 is 0 Å². The van der Waals surface area contributed by atoms with E-state index in [0.29, 0.717) is 6.04 Å². The molecular formula is C33H37N7O. The van der Waals surface area contributed by atoms with Crippen molar-refractivity contribution < 1.29 is 4.79 Å². The summed E-state index contributed by atoms with van der Waals surface area (Å²) in [6, 6.07) is 16.2. The number of aromatic amines is 2. The average Bonchev–Trinajstić information content (AvgIpc) is 3.82. The Morgan fingerprint density at radius 2 is 1.46 bits per heavy atom. The van der Waals surface area contributed by atoms with Crippen LogP contribution in [0.15, 0.2) is 60.9 Å². The van der Waals surface area contributed by atoms with Crippen molar-refractivity contribution in [3.63, 3.8) is 0 Å². The van der Waals surface area contributed by atoms with E-state index < -0.39 is 6.04 Å². The summed E-state index contributed by atoms with van der Waals surface area (Å²) in [4.78, 5) is 30.9. The van der Waals surface area contributed by atoms with E-state index in [1.807, 2.05) is 67.5 Å². The van der Waals surface area contributed by atoms with Gasteiger partial charge in [-0.05, 0) is 73.5 Å². The number of nitrogens with one attached hydrogen (secondary N) is 3. The average molecular weight is 548 g/mol. The second-order valence-electron chi connectivity index (χ2n) is 11.4. The highest BCUT2D eigenvalue weighted by Gasteiger charge is 2.35. The molecule has 6 rings (SSSR count). The highest BCUT2D eigenvalue weighted by molar-refractivity contribution is 5.82. The van der Waals surface area contributed by atoms with Crippen LogP contribution in [0.2, 0.25) is 0 Å². The van der Waals surface area contributed by atoms with Gasteiger partial charge in [0.15, 0.2) is 0 Å². The monoisotopic (exact) mass is 547 g/mol. The van der Waals surface area contributed by atoms with Gasteiger partial charge in [0.05, 0.1) is 41.9 Å². The molecule has 1 amide bonds. The Balaban J connectivity index is 1.10. The molecule has 2 aliphatic rings. The Bertz CT molecular complexity index is 1550. The van der Waals surface area contributed by atoms with Gasteiger partial charge in [0.2, 0.25) is 5.91 Å². The van der Waals surface area contributed by atoms with Crippen LogP contribution in [0.3, 0.4) is 0 Å². The van der Waals surface area contributed by atoms with Crippen LogP contribution < -0.4 is 11.1 Å². The van der Waals surface area contributed by atoms with E-state index in [1.165, 1.54) is 6.42 Å². The van der Waals surface area contributed by atoms with Gasteiger partial charge in [-0.25, -0.2) is 9.97 Å². The third-order valence-electron chi connectivity index (χ3n) is 8.18. The normalized spacial score (nSPS) is 19.4. The number of hydrogen-bond donors (Lipinski definition) is 4. The summed E-state index contributed by atoms with van der Waals surface area (Å²) in [5.74, 6) is 8.47. The van der Waals surface area contributed by atoms with Gasteiger partial charge in [0.25, 0.3) is 0 Å². The molecule has 3 atom stereocenters.